The summed E-state index contributed by atoms with van der Waals surface area (Å²) in [5.74, 6) is 1.41. The Morgan fingerprint density at radius 1 is 1.26 bits per heavy atom. The summed E-state index contributed by atoms with van der Waals surface area (Å²) in [5.41, 5.74) is 1.77. The predicted molar refractivity (Wildman–Crippen MR) is 78.3 cm³/mol. The predicted octanol–water partition coefficient (Wildman–Crippen LogP) is 4.57. The highest BCUT2D eigenvalue weighted by atomic mass is 16.1. The molecule has 1 heterocycles. The molecule has 0 radical (unpaired) electrons. The van der Waals surface area contributed by atoms with E-state index in [1.807, 2.05) is 19.1 Å². The highest BCUT2D eigenvalue weighted by Gasteiger charge is 2.26. The zero-order valence-electron chi connectivity index (χ0n) is 12.2. The van der Waals surface area contributed by atoms with Gasteiger partial charge in [0, 0.05) is 23.4 Å². The molecule has 1 fully saturated rings. The molecular formula is C17H25NO. The molecule has 1 saturated carbocycles. The highest BCUT2D eigenvalue weighted by Crippen LogP contribution is 2.33. The molecule has 0 unspecified atom stereocenters. The summed E-state index contributed by atoms with van der Waals surface area (Å²) >= 11 is 0. The molecule has 0 aromatic carbocycles. The number of ketones is 1. The minimum Gasteiger partial charge on any atom is -0.294 e. The second-order valence-corrected chi connectivity index (χ2v) is 5.91. The molecule has 0 atom stereocenters. The molecule has 1 aliphatic carbocycles. The van der Waals surface area contributed by atoms with E-state index in [1.165, 1.54) is 32.1 Å². The minimum atomic E-state index is 0.238. The van der Waals surface area contributed by atoms with E-state index in [-0.39, 0.29) is 5.92 Å². The topological polar surface area (TPSA) is 30.0 Å². The Labute approximate surface area is 116 Å². The average Bonchev–Trinajstić information content (AvgIpc) is 2.46. The van der Waals surface area contributed by atoms with Gasteiger partial charge < -0.3 is 0 Å². The van der Waals surface area contributed by atoms with E-state index in [0.717, 1.165) is 30.0 Å². The van der Waals surface area contributed by atoms with Gasteiger partial charge in [0.05, 0.1) is 0 Å². The molecule has 0 amide bonds. The normalized spacial score (nSPS) is 23.3. The molecule has 1 aromatic rings. The SMILES string of the molecule is CCCCC1CCC(C(=O)c2ccc(C)nc2)CC1. The molecule has 0 saturated heterocycles. The van der Waals surface area contributed by atoms with E-state index in [0.29, 0.717) is 5.78 Å². The van der Waals surface area contributed by atoms with E-state index in [1.54, 1.807) is 6.20 Å². The first-order valence-corrected chi connectivity index (χ1v) is 7.67. The smallest absolute Gasteiger partial charge is 0.167 e. The number of hydrogen-bond acceptors (Lipinski definition) is 2. The summed E-state index contributed by atoms with van der Waals surface area (Å²) in [7, 11) is 0. The van der Waals surface area contributed by atoms with E-state index in [2.05, 4.69) is 11.9 Å². The van der Waals surface area contributed by atoms with Crippen molar-refractivity contribution in [3.8, 4) is 0 Å². The van der Waals surface area contributed by atoms with Gasteiger partial charge in [-0.1, -0.05) is 26.2 Å². The number of carbonyl (C=O) groups is 1. The fourth-order valence-electron chi connectivity index (χ4n) is 3.06. The largest absolute Gasteiger partial charge is 0.294 e. The van der Waals surface area contributed by atoms with Crippen LogP contribution < -0.4 is 0 Å². The van der Waals surface area contributed by atoms with Crippen LogP contribution >= 0.6 is 0 Å². The van der Waals surface area contributed by atoms with Crippen molar-refractivity contribution in [1.29, 1.82) is 0 Å². The Morgan fingerprint density at radius 2 is 2.00 bits per heavy atom. The molecular weight excluding hydrogens is 234 g/mol. The Hall–Kier alpha value is -1.18. The van der Waals surface area contributed by atoms with Crippen LogP contribution in [0.1, 0.15) is 67.9 Å². The Kier molecular flexibility index (Phi) is 5.12. The van der Waals surface area contributed by atoms with Gasteiger partial charge in [0.15, 0.2) is 5.78 Å². The summed E-state index contributed by atoms with van der Waals surface area (Å²) < 4.78 is 0. The lowest BCUT2D eigenvalue weighted by atomic mass is 9.77. The zero-order valence-corrected chi connectivity index (χ0v) is 12.2. The first kappa shape index (κ1) is 14.2. The van der Waals surface area contributed by atoms with Gasteiger partial charge in [-0.15, -0.1) is 0 Å². The number of pyridine rings is 1. The summed E-state index contributed by atoms with van der Waals surface area (Å²) in [4.78, 5) is 16.6. The Morgan fingerprint density at radius 3 is 2.58 bits per heavy atom. The molecule has 2 nitrogen and oxygen atoms in total. The van der Waals surface area contributed by atoms with Crippen molar-refractivity contribution in [1.82, 2.24) is 4.98 Å². The molecule has 2 rings (SSSR count). The number of carbonyl (C=O) groups excluding carboxylic acids is 1. The minimum absolute atomic E-state index is 0.238. The summed E-state index contributed by atoms with van der Waals surface area (Å²) in [5, 5.41) is 0. The summed E-state index contributed by atoms with van der Waals surface area (Å²) in [6.45, 7) is 4.20. The van der Waals surface area contributed by atoms with Crippen molar-refractivity contribution in [2.24, 2.45) is 11.8 Å². The molecule has 0 spiro atoms. The first-order chi connectivity index (χ1) is 9.20. The number of aryl methyl sites for hydroxylation is 1. The van der Waals surface area contributed by atoms with Crippen LogP contribution in [0, 0.1) is 18.8 Å². The Bertz CT molecular complexity index is 402. The van der Waals surface area contributed by atoms with Gasteiger partial charge in [-0.3, -0.25) is 9.78 Å². The lowest BCUT2D eigenvalue weighted by Crippen LogP contribution is -2.22. The Balaban J connectivity index is 1.87. The maximum Gasteiger partial charge on any atom is 0.167 e. The van der Waals surface area contributed by atoms with Gasteiger partial charge >= 0.3 is 0 Å². The van der Waals surface area contributed by atoms with Gasteiger partial charge in [0.2, 0.25) is 0 Å². The molecule has 0 aliphatic heterocycles. The summed E-state index contributed by atoms with van der Waals surface area (Å²) in [6, 6.07) is 3.86. The van der Waals surface area contributed by atoms with Crippen LogP contribution in [-0.4, -0.2) is 10.8 Å². The number of aromatic nitrogens is 1. The molecule has 0 N–H and O–H groups in total. The van der Waals surface area contributed by atoms with Crippen LogP contribution in [0.2, 0.25) is 0 Å². The van der Waals surface area contributed by atoms with Crippen molar-refractivity contribution >= 4 is 5.78 Å². The molecule has 1 aliphatic rings. The third-order valence-corrected chi connectivity index (χ3v) is 4.38. The number of hydrogen-bond donors (Lipinski definition) is 0. The third-order valence-electron chi connectivity index (χ3n) is 4.38. The van der Waals surface area contributed by atoms with Crippen LogP contribution in [0.3, 0.4) is 0 Å². The molecule has 2 heteroatoms. The molecule has 0 bridgehead atoms. The van der Waals surface area contributed by atoms with Crippen LogP contribution in [-0.2, 0) is 0 Å². The summed E-state index contributed by atoms with van der Waals surface area (Å²) in [6.07, 6.45) is 10.3. The van der Waals surface area contributed by atoms with Gasteiger partial charge in [-0.05, 0) is 50.7 Å². The van der Waals surface area contributed by atoms with E-state index in [9.17, 15) is 4.79 Å². The van der Waals surface area contributed by atoms with Gasteiger partial charge in [-0.2, -0.15) is 0 Å². The highest BCUT2D eigenvalue weighted by molar-refractivity contribution is 5.97. The number of rotatable bonds is 5. The number of Topliss-reactive ketones (excluding diaryl/α,β-unsaturated/α-hetero) is 1. The average molecular weight is 259 g/mol. The lowest BCUT2D eigenvalue weighted by Gasteiger charge is -2.27. The van der Waals surface area contributed by atoms with Crippen LogP contribution in [0.4, 0.5) is 0 Å². The maximum atomic E-state index is 12.4. The van der Waals surface area contributed by atoms with Gasteiger partial charge in [-0.25, -0.2) is 0 Å². The van der Waals surface area contributed by atoms with Crippen molar-refractivity contribution in [3.05, 3.63) is 29.6 Å². The van der Waals surface area contributed by atoms with Crippen LogP contribution in [0.15, 0.2) is 18.3 Å². The number of unbranched alkanes of at least 4 members (excludes halogenated alkanes) is 1. The zero-order chi connectivity index (χ0) is 13.7. The van der Waals surface area contributed by atoms with Crippen molar-refractivity contribution < 1.29 is 4.79 Å². The van der Waals surface area contributed by atoms with Gasteiger partial charge in [0.25, 0.3) is 0 Å². The van der Waals surface area contributed by atoms with Crippen molar-refractivity contribution in [2.75, 3.05) is 0 Å². The number of nitrogens with zero attached hydrogens (tertiary/aromatic N) is 1. The quantitative estimate of drug-likeness (QED) is 0.725. The standard InChI is InChI=1S/C17H25NO/c1-3-4-5-14-7-10-15(11-8-14)17(19)16-9-6-13(2)18-12-16/h6,9,12,14-15H,3-5,7-8,10-11H2,1-2H3. The molecule has 104 valence electrons. The van der Waals surface area contributed by atoms with E-state index >= 15 is 0 Å². The van der Waals surface area contributed by atoms with Crippen LogP contribution in [0.5, 0.6) is 0 Å². The van der Waals surface area contributed by atoms with E-state index in [4.69, 9.17) is 0 Å². The fourth-order valence-corrected chi connectivity index (χ4v) is 3.06. The van der Waals surface area contributed by atoms with E-state index < -0.39 is 0 Å². The monoisotopic (exact) mass is 259 g/mol. The second kappa shape index (κ2) is 6.83. The first-order valence-electron chi connectivity index (χ1n) is 7.67. The van der Waals surface area contributed by atoms with Gasteiger partial charge in [0.1, 0.15) is 0 Å². The fraction of sp³-hybridized carbons (Fsp3) is 0.647. The molecule has 1 aromatic heterocycles. The van der Waals surface area contributed by atoms with Crippen molar-refractivity contribution in [3.63, 3.8) is 0 Å². The third kappa shape index (κ3) is 3.89. The maximum absolute atomic E-state index is 12.4. The van der Waals surface area contributed by atoms with Crippen LogP contribution in [0.25, 0.3) is 0 Å². The van der Waals surface area contributed by atoms with Crippen molar-refractivity contribution in [2.45, 2.75) is 58.8 Å². The second-order valence-electron chi connectivity index (χ2n) is 5.91. The lowest BCUT2D eigenvalue weighted by molar-refractivity contribution is 0.0869. The molecule has 19 heavy (non-hydrogen) atoms.